The van der Waals surface area contributed by atoms with Gasteiger partial charge in [0.25, 0.3) is 0 Å². The van der Waals surface area contributed by atoms with Gasteiger partial charge in [0.05, 0.1) is 25.2 Å². The smallest absolute Gasteiger partial charge is 0.0788 e. The highest BCUT2D eigenvalue weighted by Gasteiger charge is 2.04. The summed E-state index contributed by atoms with van der Waals surface area (Å²) in [6, 6.07) is 0. The molecule has 0 aromatic rings. The van der Waals surface area contributed by atoms with E-state index in [9.17, 15) is 0 Å². The Balaban J connectivity index is 3.39. The summed E-state index contributed by atoms with van der Waals surface area (Å²) in [5.41, 5.74) is 0. The van der Waals surface area contributed by atoms with Gasteiger partial charge in [-0.15, -0.1) is 0 Å². The number of hydrogen-bond acceptors (Lipinski definition) is 4. The van der Waals surface area contributed by atoms with E-state index in [0.717, 1.165) is 5.39 Å². The van der Waals surface area contributed by atoms with E-state index in [1.54, 1.807) is 0 Å². The molecule has 0 rings (SSSR count). The van der Waals surface area contributed by atoms with Crippen LogP contribution < -0.4 is 0 Å². The molecule has 10 heavy (non-hydrogen) atoms. The van der Waals surface area contributed by atoms with Crippen molar-refractivity contribution in [3.63, 3.8) is 0 Å². The van der Waals surface area contributed by atoms with E-state index in [1.165, 1.54) is 7.11 Å². The van der Waals surface area contributed by atoms with Crippen LogP contribution in [0.1, 0.15) is 20.8 Å². The highest BCUT2D eigenvalue weighted by atomic mass is 17.2. The lowest BCUT2D eigenvalue weighted by Crippen LogP contribution is -2.26. The zero-order valence-corrected chi connectivity index (χ0v) is 6.96. The van der Waals surface area contributed by atoms with Crippen LogP contribution in [0.2, 0.25) is 0 Å². The van der Waals surface area contributed by atoms with Gasteiger partial charge in [-0.3, -0.25) is 9.68 Å². The van der Waals surface area contributed by atoms with Crippen LogP contribution in [0.3, 0.4) is 0 Å². The first-order valence-corrected chi connectivity index (χ1v) is 3.34. The molecule has 0 saturated carbocycles. The van der Waals surface area contributed by atoms with E-state index in [-0.39, 0.29) is 6.10 Å². The molecule has 0 saturated heterocycles. The molecule has 0 atom stereocenters. The minimum absolute atomic E-state index is 0.0616. The van der Waals surface area contributed by atoms with Gasteiger partial charge in [-0.2, -0.15) is 0 Å². The van der Waals surface area contributed by atoms with Crippen LogP contribution in [0.25, 0.3) is 0 Å². The number of hydrogen-bond donors (Lipinski definition) is 0. The lowest BCUT2D eigenvalue weighted by Gasteiger charge is -2.18. The van der Waals surface area contributed by atoms with Gasteiger partial charge in [-0.05, 0) is 20.8 Å². The first-order chi connectivity index (χ1) is 4.70. The number of nitrogens with zero attached hydrogens (tertiary/aromatic N) is 1. The third-order valence-electron chi connectivity index (χ3n) is 0.680. The van der Waals surface area contributed by atoms with E-state index in [2.05, 4.69) is 0 Å². The first-order valence-electron chi connectivity index (χ1n) is 3.34. The van der Waals surface area contributed by atoms with Crippen molar-refractivity contribution in [3.05, 3.63) is 0 Å². The summed E-state index contributed by atoms with van der Waals surface area (Å²) < 4.78 is 0. The van der Waals surface area contributed by atoms with Crippen molar-refractivity contribution in [2.24, 2.45) is 0 Å². The Morgan fingerprint density at radius 3 is 2.30 bits per heavy atom. The van der Waals surface area contributed by atoms with Gasteiger partial charge < -0.3 is 0 Å². The van der Waals surface area contributed by atoms with E-state index in [4.69, 9.17) is 14.5 Å². The Kier molecular flexibility index (Phi) is 5.52. The summed E-state index contributed by atoms with van der Waals surface area (Å²) in [6.07, 6.45) is 0.0616. The van der Waals surface area contributed by atoms with Crippen molar-refractivity contribution in [3.8, 4) is 0 Å². The summed E-state index contributed by atoms with van der Waals surface area (Å²) in [5, 5.41) is 1.00. The van der Waals surface area contributed by atoms with Crippen LogP contribution in [0.5, 0.6) is 0 Å². The molecule has 0 aliphatic heterocycles. The Labute approximate surface area is 61.5 Å². The molecular weight excluding hydrogens is 134 g/mol. The average Bonchev–Trinajstić information content (AvgIpc) is 1.86. The third kappa shape index (κ3) is 4.69. The summed E-state index contributed by atoms with van der Waals surface area (Å²) >= 11 is 0. The second-order valence-electron chi connectivity index (χ2n) is 1.98. The number of rotatable bonds is 5. The summed E-state index contributed by atoms with van der Waals surface area (Å²) in [5.74, 6) is 0. The molecule has 0 aromatic heterocycles. The zero-order valence-electron chi connectivity index (χ0n) is 6.96. The van der Waals surface area contributed by atoms with Crippen molar-refractivity contribution < 1.29 is 14.5 Å². The van der Waals surface area contributed by atoms with E-state index in [0.29, 0.717) is 6.61 Å². The van der Waals surface area contributed by atoms with Gasteiger partial charge in [0, 0.05) is 0 Å². The predicted molar refractivity (Wildman–Crippen MR) is 36.7 cm³/mol. The molecule has 0 aromatic carbocycles. The van der Waals surface area contributed by atoms with Gasteiger partial charge in [-0.1, -0.05) is 0 Å². The molecular formula is C6H15NO3. The van der Waals surface area contributed by atoms with Crippen molar-refractivity contribution in [2.75, 3.05) is 13.7 Å². The van der Waals surface area contributed by atoms with Crippen molar-refractivity contribution in [1.82, 2.24) is 5.39 Å². The molecule has 0 aliphatic rings. The minimum Gasteiger partial charge on any atom is -0.254 e. The highest BCUT2D eigenvalue weighted by molar-refractivity contribution is 4.27. The monoisotopic (exact) mass is 149 g/mol. The van der Waals surface area contributed by atoms with Gasteiger partial charge in [0.2, 0.25) is 0 Å². The topological polar surface area (TPSA) is 30.9 Å². The molecule has 0 aliphatic carbocycles. The molecule has 0 spiro atoms. The average molecular weight is 149 g/mol. The standard InChI is InChI=1S/C6H15NO3/c1-5-9-7(8-4)10-6(2)3/h6H,5H2,1-4H3. The SMILES string of the molecule is CCON(OC)OC(C)C. The van der Waals surface area contributed by atoms with Crippen LogP contribution in [-0.4, -0.2) is 25.2 Å². The van der Waals surface area contributed by atoms with E-state index in [1.807, 2.05) is 20.8 Å². The van der Waals surface area contributed by atoms with Crippen LogP contribution >= 0.6 is 0 Å². The molecule has 4 nitrogen and oxygen atoms in total. The van der Waals surface area contributed by atoms with E-state index < -0.39 is 0 Å². The fourth-order valence-electron chi connectivity index (χ4n) is 0.404. The zero-order chi connectivity index (χ0) is 7.98. The summed E-state index contributed by atoms with van der Waals surface area (Å²) in [7, 11) is 1.48. The molecule has 0 heterocycles. The Morgan fingerprint density at radius 2 is 2.00 bits per heavy atom. The fraction of sp³-hybridized carbons (Fsp3) is 1.00. The molecule has 0 radical (unpaired) electrons. The normalized spacial score (nSPS) is 11.4. The molecule has 0 bridgehead atoms. The van der Waals surface area contributed by atoms with Gasteiger partial charge >= 0.3 is 0 Å². The maximum absolute atomic E-state index is 5.03. The van der Waals surface area contributed by atoms with Gasteiger partial charge in [-0.25, -0.2) is 4.84 Å². The highest BCUT2D eigenvalue weighted by Crippen LogP contribution is 1.96. The molecule has 0 N–H and O–H groups in total. The minimum atomic E-state index is 0.0616. The molecule has 62 valence electrons. The maximum atomic E-state index is 5.03. The predicted octanol–water partition coefficient (Wildman–Crippen LogP) is 1.14. The molecule has 0 fully saturated rings. The van der Waals surface area contributed by atoms with Crippen molar-refractivity contribution in [2.45, 2.75) is 26.9 Å². The first kappa shape index (κ1) is 9.84. The lowest BCUT2D eigenvalue weighted by atomic mass is 10.5. The van der Waals surface area contributed by atoms with Crippen LogP contribution in [0.15, 0.2) is 0 Å². The summed E-state index contributed by atoms with van der Waals surface area (Å²) in [4.78, 5) is 14.6. The second-order valence-corrected chi connectivity index (χ2v) is 1.98. The van der Waals surface area contributed by atoms with Gasteiger partial charge in [0.1, 0.15) is 0 Å². The Hall–Kier alpha value is -0.160. The van der Waals surface area contributed by atoms with Crippen molar-refractivity contribution >= 4 is 0 Å². The van der Waals surface area contributed by atoms with Crippen LogP contribution in [0, 0.1) is 0 Å². The lowest BCUT2D eigenvalue weighted by molar-refractivity contribution is -0.526. The molecule has 0 unspecified atom stereocenters. The summed E-state index contributed by atoms with van der Waals surface area (Å²) in [6.45, 7) is 6.17. The Bertz CT molecular complexity index is 77.4. The molecule has 4 heteroatoms. The van der Waals surface area contributed by atoms with Crippen LogP contribution in [0.4, 0.5) is 0 Å². The largest absolute Gasteiger partial charge is 0.254 e. The quantitative estimate of drug-likeness (QED) is 0.548. The van der Waals surface area contributed by atoms with E-state index >= 15 is 0 Å². The van der Waals surface area contributed by atoms with Gasteiger partial charge in [0.15, 0.2) is 0 Å². The maximum Gasteiger partial charge on any atom is 0.0788 e. The fourth-order valence-corrected chi connectivity index (χ4v) is 0.404. The van der Waals surface area contributed by atoms with Crippen LogP contribution in [-0.2, 0) is 14.5 Å². The van der Waals surface area contributed by atoms with Crippen molar-refractivity contribution in [1.29, 1.82) is 0 Å². The third-order valence-corrected chi connectivity index (χ3v) is 0.680. The Morgan fingerprint density at radius 1 is 1.40 bits per heavy atom. The second kappa shape index (κ2) is 5.61. The molecule has 0 amide bonds.